The van der Waals surface area contributed by atoms with Gasteiger partial charge in [0.25, 0.3) is 0 Å². The van der Waals surface area contributed by atoms with Crippen molar-refractivity contribution in [2.45, 2.75) is 83.5 Å². The summed E-state index contributed by atoms with van der Waals surface area (Å²) in [6.07, 6.45) is 2.92. The number of benzene rings is 1. The Morgan fingerprint density at radius 3 is 2.41 bits per heavy atom. The van der Waals surface area contributed by atoms with Gasteiger partial charge in [0, 0.05) is 37.1 Å². The number of hydrogen-bond acceptors (Lipinski definition) is 5. The van der Waals surface area contributed by atoms with Crippen molar-refractivity contribution in [3.8, 4) is 0 Å². The van der Waals surface area contributed by atoms with Crippen LogP contribution in [0.1, 0.15) is 64.4 Å². The maximum Gasteiger partial charge on any atom is 0.328 e. The molecule has 3 atom stereocenters. The van der Waals surface area contributed by atoms with Gasteiger partial charge in [0.15, 0.2) is 11.6 Å². The van der Waals surface area contributed by atoms with Gasteiger partial charge >= 0.3 is 5.97 Å². The molecule has 0 bridgehead atoms. The Morgan fingerprint density at radius 1 is 1.08 bits per heavy atom. The summed E-state index contributed by atoms with van der Waals surface area (Å²) < 4.78 is 46.2. The first kappa shape index (κ1) is 28.5. The van der Waals surface area contributed by atoms with E-state index in [1.54, 1.807) is 0 Å². The second-order valence-corrected chi connectivity index (χ2v) is 10.3. The Kier molecular flexibility index (Phi) is 9.56. The van der Waals surface area contributed by atoms with Gasteiger partial charge in [-0.05, 0) is 37.2 Å². The fourth-order valence-corrected chi connectivity index (χ4v) is 4.62. The summed E-state index contributed by atoms with van der Waals surface area (Å²) in [5.41, 5.74) is -0.317. The van der Waals surface area contributed by atoms with E-state index in [1.165, 1.54) is 12.0 Å². The van der Waals surface area contributed by atoms with Gasteiger partial charge in [0.2, 0.25) is 17.7 Å². The van der Waals surface area contributed by atoms with E-state index in [0.29, 0.717) is 25.3 Å². The summed E-state index contributed by atoms with van der Waals surface area (Å²) >= 11 is 0. The highest BCUT2D eigenvalue weighted by atomic mass is 19.2. The molecule has 1 aromatic rings. The van der Waals surface area contributed by atoms with Gasteiger partial charge in [-0.15, -0.1) is 0 Å². The Labute approximate surface area is 214 Å². The van der Waals surface area contributed by atoms with Crippen LogP contribution in [-0.4, -0.2) is 53.8 Å². The fraction of sp³-hybridized carbons (Fsp3) is 0.615. The maximum atomic E-state index is 14.2. The lowest BCUT2D eigenvalue weighted by atomic mass is 10.0. The van der Waals surface area contributed by atoms with Crippen molar-refractivity contribution in [1.29, 1.82) is 0 Å². The smallest absolute Gasteiger partial charge is 0.328 e. The van der Waals surface area contributed by atoms with E-state index in [1.807, 2.05) is 13.8 Å². The molecule has 8 nitrogen and oxygen atoms in total. The molecule has 37 heavy (non-hydrogen) atoms. The van der Waals surface area contributed by atoms with E-state index in [0.717, 1.165) is 18.9 Å². The average molecular weight is 526 g/mol. The quantitative estimate of drug-likeness (QED) is 0.323. The summed E-state index contributed by atoms with van der Waals surface area (Å²) in [6, 6.07) is -1.09. The predicted octanol–water partition coefficient (Wildman–Crippen LogP) is 2.97. The van der Waals surface area contributed by atoms with Crippen LogP contribution in [0, 0.1) is 29.3 Å². The van der Waals surface area contributed by atoms with Crippen molar-refractivity contribution >= 4 is 23.7 Å². The Bertz CT molecular complexity index is 1030. The van der Waals surface area contributed by atoms with Crippen molar-refractivity contribution in [2.24, 2.45) is 11.8 Å². The molecule has 0 aromatic heterocycles. The van der Waals surface area contributed by atoms with Crippen molar-refractivity contribution in [3.05, 3.63) is 35.1 Å². The molecule has 2 fully saturated rings. The van der Waals surface area contributed by atoms with Crippen molar-refractivity contribution in [2.75, 3.05) is 7.11 Å². The zero-order chi connectivity index (χ0) is 27.3. The molecule has 1 saturated heterocycles. The molecule has 204 valence electrons. The number of hydrogen-bond donors (Lipinski definition) is 2. The monoisotopic (exact) mass is 525 g/mol. The number of nitrogens with zero attached hydrogens (tertiary/aromatic N) is 1. The minimum atomic E-state index is -1.35. The highest BCUT2D eigenvalue weighted by molar-refractivity contribution is 5.91. The summed E-state index contributed by atoms with van der Waals surface area (Å²) in [5.74, 6) is -5.08. The van der Waals surface area contributed by atoms with Gasteiger partial charge in [-0.1, -0.05) is 26.7 Å². The fourth-order valence-electron chi connectivity index (χ4n) is 4.62. The van der Waals surface area contributed by atoms with Gasteiger partial charge < -0.3 is 20.3 Å². The van der Waals surface area contributed by atoms with E-state index >= 15 is 0 Å². The molecular weight excluding hydrogens is 491 g/mol. The lowest BCUT2D eigenvalue weighted by Crippen LogP contribution is -2.52. The number of carbonyl (C=O) groups excluding carboxylic acids is 4. The molecule has 3 amide bonds. The molecule has 1 saturated carbocycles. The van der Waals surface area contributed by atoms with E-state index in [-0.39, 0.29) is 42.7 Å². The van der Waals surface area contributed by atoms with Crippen molar-refractivity contribution in [3.63, 3.8) is 0 Å². The lowest BCUT2D eigenvalue weighted by Gasteiger charge is -2.26. The zero-order valence-corrected chi connectivity index (χ0v) is 21.3. The van der Waals surface area contributed by atoms with E-state index < -0.39 is 53.4 Å². The first-order valence-corrected chi connectivity index (χ1v) is 12.6. The van der Waals surface area contributed by atoms with Crippen LogP contribution in [0.15, 0.2) is 12.1 Å². The summed E-state index contributed by atoms with van der Waals surface area (Å²) in [7, 11) is 1.24. The van der Waals surface area contributed by atoms with Crippen LogP contribution >= 0.6 is 0 Å². The number of likely N-dealkylation sites (tertiary alicyclic amines) is 1. The molecule has 1 aliphatic heterocycles. The van der Waals surface area contributed by atoms with Gasteiger partial charge in [-0.3, -0.25) is 14.4 Å². The van der Waals surface area contributed by atoms with Crippen LogP contribution in [0.3, 0.4) is 0 Å². The number of ether oxygens (including phenoxy) is 1. The van der Waals surface area contributed by atoms with Crippen LogP contribution in [0.2, 0.25) is 0 Å². The maximum absolute atomic E-state index is 14.2. The largest absolute Gasteiger partial charge is 0.467 e. The standard InChI is InChI=1S/C26H34F3N3O5/c1-14(2)8-21(26(36)37-3)31-25(35)20(9-15-4-5-15)30-22(33)12-18-6-7-23(34)32(18)13-16-10-17(27)11-19(28)24(16)29/h10-11,14-15,18,20-21H,4-9,12-13H2,1-3H3,(H,30,33)(H,31,35)/t18-,20-,21-/m0/s1. The van der Waals surface area contributed by atoms with E-state index in [2.05, 4.69) is 10.6 Å². The SMILES string of the molecule is COC(=O)[C@H](CC(C)C)NC(=O)[C@H](CC1CC1)NC(=O)C[C@@H]1CCC(=O)N1Cc1cc(F)cc(F)c1F. The summed E-state index contributed by atoms with van der Waals surface area (Å²) in [5, 5.41) is 5.42. The Hall–Kier alpha value is -3.11. The number of methoxy groups -OCH3 is 1. The molecule has 1 aromatic carbocycles. The highest BCUT2D eigenvalue weighted by Crippen LogP contribution is 2.34. The van der Waals surface area contributed by atoms with Crippen molar-refractivity contribution in [1.82, 2.24) is 15.5 Å². The van der Waals surface area contributed by atoms with Crippen LogP contribution in [0.25, 0.3) is 0 Å². The van der Waals surface area contributed by atoms with E-state index in [4.69, 9.17) is 4.74 Å². The topological polar surface area (TPSA) is 105 Å². The number of nitrogens with one attached hydrogen (secondary N) is 2. The third-order valence-corrected chi connectivity index (χ3v) is 6.71. The Balaban J connectivity index is 1.66. The van der Waals surface area contributed by atoms with Crippen LogP contribution in [0.5, 0.6) is 0 Å². The minimum Gasteiger partial charge on any atom is -0.467 e. The molecule has 0 unspecified atom stereocenters. The number of rotatable bonds is 12. The zero-order valence-electron chi connectivity index (χ0n) is 21.3. The number of carbonyl (C=O) groups is 4. The molecule has 0 spiro atoms. The van der Waals surface area contributed by atoms with Crippen LogP contribution in [0.4, 0.5) is 13.2 Å². The average Bonchev–Trinajstić information content (AvgIpc) is 3.59. The molecule has 2 N–H and O–H groups in total. The molecule has 11 heteroatoms. The minimum absolute atomic E-state index is 0.110. The van der Waals surface area contributed by atoms with Crippen LogP contribution in [-0.2, 0) is 30.5 Å². The summed E-state index contributed by atoms with van der Waals surface area (Å²) in [6.45, 7) is 3.44. The second kappa shape index (κ2) is 12.4. The lowest BCUT2D eigenvalue weighted by molar-refractivity contribution is -0.145. The third-order valence-electron chi connectivity index (χ3n) is 6.71. The van der Waals surface area contributed by atoms with Gasteiger partial charge in [0.05, 0.1) is 7.11 Å². The van der Waals surface area contributed by atoms with Gasteiger partial charge in [0.1, 0.15) is 17.9 Å². The molecule has 2 aliphatic rings. The first-order chi connectivity index (χ1) is 17.5. The predicted molar refractivity (Wildman–Crippen MR) is 127 cm³/mol. The number of amides is 3. The highest BCUT2D eigenvalue weighted by Gasteiger charge is 2.36. The molecule has 1 heterocycles. The normalized spacial score (nSPS) is 19.1. The van der Waals surface area contributed by atoms with Crippen LogP contribution < -0.4 is 10.6 Å². The second-order valence-electron chi connectivity index (χ2n) is 10.3. The van der Waals surface area contributed by atoms with Crippen molar-refractivity contribution < 1.29 is 37.1 Å². The van der Waals surface area contributed by atoms with Gasteiger partial charge in [-0.2, -0.15) is 0 Å². The molecular formula is C26H34F3N3O5. The first-order valence-electron chi connectivity index (χ1n) is 12.6. The number of esters is 1. The third kappa shape index (κ3) is 7.93. The molecule has 3 rings (SSSR count). The summed E-state index contributed by atoms with van der Waals surface area (Å²) in [4.78, 5) is 51.8. The number of halogens is 3. The molecule has 1 aliphatic carbocycles. The Morgan fingerprint density at radius 2 is 1.78 bits per heavy atom. The van der Waals surface area contributed by atoms with Gasteiger partial charge in [-0.25, -0.2) is 18.0 Å². The molecule has 0 radical (unpaired) electrons. The van der Waals surface area contributed by atoms with E-state index in [9.17, 15) is 32.3 Å².